The van der Waals surface area contributed by atoms with E-state index in [2.05, 4.69) is 12.2 Å². The van der Waals surface area contributed by atoms with Crippen molar-refractivity contribution >= 4 is 10.2 Å². The number of nitrogens with one attached hydrogen (secondary N) is 1. The fourth-order valence-electron chi connectivity index (χ4n) is 2.73. The maximum Gasteiger partial charge on any atom is 0.282 e. The smallest absolute Gasteiger partial charge is 0.282 e. The Morgan fingerprint density at radius 1 is 1.22 bits per heavy atom. The molecule has 2 rings (SSSR count). The molecule has 0 aromatic heterocycles. The summed E-state index contributed by atoms with van der Waals surface area (Å²) >= 11 is 0. The number of likely N-dealkylation sites (N-methyl/N-ethyl adjacent to an activating group) is 1. The van der Waals surface area contributed by atoms with Gasteiger partial charge in [-0.25, -0.2) is 0 Å². The Bertz CT molecular complexity index is 358. The van der Waals surface area contributed by atoms with Crippen molar-refractivity contribution in [2.75, 3.05) is 33.2 Å². The van der Waals surface area contributed by atoms with Gasteiger partial charge in [-0.1, -0.05) is 6.92 Å². The second-order valence-corrected chi connectivity index (χ2v) is 7.59. The van der Waals surface area contributed by atoms with Crippen molar-refractivity contribution < 1.29 is 8.42 Å². The Labute approximate surface area is 111 Å². The number of hydrogen-bond acceptors (Lipinski definition) is 3. The maximum absolute atomic E-state index is 12.5. The number of hydrogen-bond donors (Lipinski definition) is 1. The van der Waals surface area contributed by atoms with Crippen LogP contribution in [0.1, 0.15) is 32.6 Å². The highest BCUT2D eigenvalue weighted by atomic mass is 32.2. The first-order valence-corrected chi connectivity index (χ1v) is 8.35. The topological polar surface area (TPSA) is 52.7 Å². The molecule has 2 aliphatic heterocycles. The fourth-order valence-corrected chi connectivity index (χ4v) is 4.32. The molecule has 0 radical (unpaired) electrons. The van der Waals surface area contributed by atoms with E-state index in [0.717, 1.165) is 38.8 Å². The average Bonchev–Trinajstić information content (AvgIpc) is 2.39. The molecule has 1 N–H and O–H groups in total. The molecule has 0 bridgehead atoms. The van der Waals surface area contributed by atoms with Crippen LogP contribution < -0.4 is 5.32 Å². The summed E-state index contributed by atoms with van der Waals surface area (Å²) in [4.78, 5) is 0. The number of piperidine rings is 2. The fraction of sp³-hybridized carbons (Fsp3) is 1.00. The standard InChI is InChI=1S/C12H25N3O2S/c1-11-5-8-15(9-6-11)18(16,17)14(2)12-4-3-7-13-10-12/h11-13H,3-10H2,1-2H3. The van der Waals surface area contributed by atoms with E-state index in [1.54, 1.807) is 15.7 Å². The lowest BCUT2D eigenvalue weighted by Gasteiger charge is -2.37. The van der Waals surface area contributed by atoms with Crippen molar-refractivity contribution in [3.63, 3.8) is 0 Å². The molecule has 1 unspecified atom stereocenters. The molecule has 2 heterocycles. The zero-order chi connectivity index (χ0) is 13.2. The molecule has 0 aromatic carbocycles. The minimum absolute atomic E-state index is 0.114. The van der Waals surface area contributed by atoms with E-state index in [0.29, 0.717) is 19.0 Å². The van der Waals surface area contributed by atoms with E-state index in [1.165, 1.54) is 0 Å². The van der Waals surface area contributed by atoms with Crippen molar-refractivity contribution in [1.82, 2.24) is 13.9 Å². The van der Waals surface area contributed by atoms with Crippen molar-refractivity contribution in [3.05, 3.63) is 0 Å². The van der Waals surface area contributed by atoms with Crippen LogP contribution in [0, 0.1) is 5.92 Å². The van der Waals surface area contributed by atoms with Crippen LogP contribution in [0.15, 0.2) is 0 Å². The summed E-state index contributed by atoms with van der Waals surface area (Å²) in [6, 6.07) is 0.114. The molecule has 2 saturated heterocycles. The Morgan fingerprint density at radius 3 is 2.44 bits per heavy atom. The van der Waals surface area contributed by atoms with Crippen LogP contribution in [-0.2, 0) is 10.2 Å². The summed E-state index contributed by atoms with van der Waals surface area (Å²) in [5.41, 5.74) is 0. The van der Waals surface area contributed by atoms with Crippen LogP contribution in [-0.4, -0.2) is 56.3 Å². The van der Waals surface area contributed by atoms with E-state index in [-0.39, 0.29) is 6.04 Å². The zero-order valence-corrected chi connectivity index (χ0v) is 12.2. The predicted octanol–water partition coefficient (Wildman–Crippen LogP) is 0.647. The van der Waals surface area contributed by atoms with Crippen molar-refractivity contribution in [2.24, 2.45) is 5.92 Å². The SMILES string of the molecule is CC1CCN(S(=O)(=O)N(C)C2CCCNC2)CC1. The third-order valence-electron chi connectivity index (χ3n) is 4.22. The van der Waals surface area contributed by atoms with Crippen LogP contribution in [0.25, 0.3) is 0 Å². The normalized spacial score (nSPS) is 28.7. The molecule has 1 atom stereocenters. The highest BCUT2D eigenvalue weighted by Gasteiger charge is 2.34. The second-order valence-electron chi connectivity index (χ2n) is 5.61. The van der Waals surface area contributed by atoms with E-state index in [1.807, 2.05) is 0 Å². The van der Waals surface area contributed by atoms with Crippen LogP contribution >= 0.6 is 0 Å². The minimum Gasteiger partial charge on any atom is -0.315 e. The van der Waals surface area contributed by atoms with Crippen molar-refractivity contribution in [3.8, 4) is 0 Å². The highest BCUT2D eigenvalue weighted by molar-refractivity contribution is 7.86. The Morgan fingerprint density at radius 2 is 1.89 bits per heavy atom. The molecular weight excluding hydrogens is 250 g/mol. The van der Waals surface area contributed by atoms with Gasteiger partial charge in [-0.05, 0) is 38.1 Å². The summed E-state index contributed by atoms with van der Waals surface area (Å²) in [6.07, 6.45) is 3.99. The molecule has 0 aliphatic carbocycles. The van der Waals surface area contributed by atoms with Crippen molar-refractivity contribution in [1.29, 1.82) is 0 Å². The Hall–Kier alpha value is -0.170. The Balaban J connectivity index is 2.00. The van der Waals surface area contributed by atoms with Gasteiger partial charge in [0.05, 0.1) is 0 Å². The summed E-state index contributed by atoms with van der Waals surface area (Å²) in [5, 5.41) is 3.27. The number of nitrogens with zero attached hydrogens (tertiary/aromatic N) is 2. The average molecular weight is 275 g/mol. The lowest BCUT2D eigenvalue weighted by Crippen LogP contribution is -2.52. The van der Waals surface area contributed by atoms with Gasteiger partial charge in [-0.15, -0.1) is 0 Å². The lowest BCUT2D eigenvalue weighted by atomic mass is 10.0. The van der Waals surface area contributed by atoms with Crippen LogP contribution in [0.2, 0.25) is 0 Å². The summed E-state index contributed by atoms with van der Waals surface area (Å²) in [6.45, 7) is 5.33. The minimum atomic E-state index is -3.26. The van der Waals surface area contributed by atoms with Crippen LogP contribution in [0.4, 0.5) is 0 Å². The quantitative estimate of drug-likeness (QED) is 0.823. The molecule has 6 heteroatoms. The van der Waals surface area contributed by atoms with Crippen molar-refractivity contribution in [2.45, 2.75) is 38.6 Å². The van der Waals surface area contributed by atoms with Gasteiger partial charge in [0.1, 0.15) is 0 Å². The maximum atomic E-state index is 12.5. The molecule has 18 heavy (non-hydrogen) atoms. The monoisotopic (exact) mass is 275 g/mol. The molecule has 0 aromatic rings. The summed E-state index contributed by atoms with van der Waals surface area (Å²) < 4.78 is 28.3. The molecule has 0 amide bonds. The van der Waals surface area contributed by atoms with Gasteiger partial charge >= 0.3 is 0 Å². The van der Waals surface area contributed by atoms with Gasteiger partial charge in [0, 0.05) is 32.7 Å². The molecule has 2 aliphatic rings. The van der Waals surface area contributed by atoms with Gasteiger partial charge in [0.2, 0.25) is 0 Å². The van der Waals surface area contributed by atoms with E-state index in [4.69, 9.17) is 0 Å². The van der Waals surface area contributed by atoms with Crippen LogP contribution in [0.5, 0.6) is 0 Å². The third-order valence-corrected chi connectivity index (χ3v) is 6.26. The molecule has 2 fully saturated rings. The Kier molecular flexibility index (Phi) is 4.64. The molecular formula is C12H25N3O2S. The predicted molar refractivity (Wildman–Crippen MR) is 72.5 cm³/mol. The molecule has 106 valence electrons. The van der Waals surface area contributed by atoms with Gasteiger partial charge in [-0.2, -0.15) is 17.0 Å². The molecule has 0 saturated carbocycles. The first kappa shape index (κ1) is 14.2. The molecule has 5 nitrogen and oxygen atoms in total. The zero-order valence-electron chi connectivity index (χ0n) is 11.4. The van der Waals surface area contributed by atoms with Gasteiger partial charge in [0.25, 0.3) is 10.2 Å². The van der Waals surface area contributed by atoms with Crippen LogP contribution in [0.3, 0.4) is 0 Å². The molecule has 0 spiro atoms. The summed E-state index contributed by atoms with van der Waals surface area (Å²) in [7, 11) is -1.53. The van der Waals surface area contributed by atoms with Gasteiger partial charge < -0.3 is 5.32 Å². The van der Waals surface area contributed by atoms with E-state index in [9.17, 15) is 8.42 Å². The third kappa shape index (κ3) is 3.04. The number of rotatable bonds is 3. The highest BCUT2D eigenvalue weighted by Crippen LogP contribution is 2.22. The summed E-state index contributed by atoms with van der Waals surface area (Å²) in [5.74, 6) is 0.651. The van der Waals surface area contributed by atoms with E-state index >= 15 is 0 Å². The largest absolute Gasteiger partial charge is 0.315 e. The second kappa shape index (κ2) is 5.86. The first-order valence-electron chi connectivity index (χ1n) is 6.95. The van der Waals surface area contributed by atoms with E-state index < -0.39 is 10.2 Å². The van der Waals surface area contributed by atoms with Gasteiger partial charge in [-0.3, -0.25) is 0 Å². The lowest BCUT2D eigenvalue weighted by molar-refractivity contribution is 0.242. The first-order chi connectivity index (χ1) is 8.51. The van der Waals surface area contributed by atoms with Gasteiger partial charge in [0.15, 0.2) is 0 Å².